The second-order valence-corrected chi connectivity index (χ2v) is 7.68. The van der Waals surface area contributed by atoms with Crippen molar-refractivity contribution in [3.8, 4) is 0 Å². The van der Waals surface area contributed by atoms with Gasteiger partial charge in [0.15, 0.2) is 5.12 Å². The van der Waals surface area contributed by atoms with Gasteiger partial charge in [-0.3, -0.25) is 4.79 Å². The lowest BCUT2D eigenvalue weighted by molar-refractivity contribution is -0.111. The molecule has 0 spiro atoms. The standard InChI is InChI=1S/C20H26F2N2OS/c1-2-3-4-5-6-7-8-20(25)26-19(14-24-12-11-23-15-24)17-10-9-16(21)13-18(17)22/h9-13,15,19H,2-8,14H2,1H3. The molecule has 0 aliphatic carbocycles. The van der Waals surface area contributed by atoms with E-state index in [0.717, 1.165) is 37.1 Å². The summed E-state index contributed by atoms with van der Waals surface area (Å²) in [6, 6.07) is 3.53. The van der Waals surface area contributed by atoms with E-state index >= 15 is 0 Å². The van der Waals surface area contributed by atoms with Crippen molar-refractivity contribution in [3.63, 3.8) is 0 Å². The summed E-state index contributed by atoms with van der Waals surface area (Å²) in [5, 5.41) is -0.355. The molecule has 1 unspecified atom stereocenters. The molecule has 0 saturated carbocycles. The summed E-state index contributed by atoms with van der Waals surface area (Å²) in [5.74, 6) is -1.23. The monoisotopic (exact) mass is 380 g/mol. The number of nitrogens with zero attached hydrogens (tertiary/aromatic N) is 2. The maximum atomic E-state index is 14.2. The molecule has 1 heterocycles. The number of carbonyl (C=O) groups is 1. The van der Waals surface area contributed by atoms with E-state index in [1.54, 1.807) is 23.3 Å². The Bertz CT molecular complexity index is 676. The first kappa shape index (κ1) is 20.6. The first-order valence-electron chi connectivity index (χ1n) is 9.20. The second kappa shape index (κ2) is 11.1. The predicted molar refractivity (Wildman–Crippen MR) is 102 cm³/mol. The number of rotatable bonds is 11. The van der Waals surface area contributed by atoms with Crippen LogP contribution in [-0.2, 0) is 11.3 Å². The molecule has 1 aromatic carbocycles. The number of imidazole rings is 1. The third-order valence-corrected chi connectivity index (χ3v) is 5.41. The topological polar surface area (TPSA) is 34.9 Å². The molecule has 142 valence electrons. The average molecular weight is 381 g/mol. The minimum absolute atomic E-state index is 0.0503. The van der Waals surface area contributed by atoms with Crippen LogP contribution in [0.2, 0.25) is 0 Å². The van der Waals surface area contributed by atoms with Gasteiger partial charge < -0.3 is 4.57 Å². The molecule has 1 atom stereocenters. The molecule has 26 heavy (non-hydrogen) atoms. The molecular weight excluding hydrogens is 354 g/mol. The van der Waals surface area contributed by atoms with Gasteiger partial charge in [0.05, 0.1) is 11.6 Å². The Morgan fingerprint density at radius 1 is 1.19 bits per heavy atom. The van der Waals surface area contributed by atoms with Gasteiger partial charge in [-0.05, 0) is 12.5 Å². The highest BCUT2D eigenvalue weighted by molar-refractivity contribution is 8.13. The highest BCUT2D eigenvalue weighted by Gasteiger charge is 2.21. The Hall–Kier alpha value is -1.69. The molecule has 0 saturated heterocycles. The van der Waals surface area contributed by atoms with Gasteiger partial charge in [-0.2, -0.15) is 0 Å². The number of aromatic nitrogens is 2. The fourth-order valence-corrected chi connectivity index (χ4v) is 3.96. The lowest BCUT2D eigenvalue weighted by Gasteiger charge is -2.17. The van der Waals surface area contributed by atoms with Crippen molar-refractivity contribution >= 4 is 16.9 Å². The fraction of sp³-hybridized carbons (Fsp3) is 0.500. The number of thioether (sulfide) groups is 1. The number of carbonyl (C=O) groups excluding carboxylic acids is 1. The van der Waals surface area contributed by atoms with Gasteiger partial charge in [0, 0.05) is 37.0 Å². The highest BCUT2D eigenvalue weighted by atomic mass is 32.2. The van der Waals surface area contributed by atoms with E-state index in [0.29, 0.717) is 18.5 Å². The Labute approximate surface area is 158 Å². The van der Waals surface area contributed by atoms with Gasteiger partial charge in [-0.15, -0.1) is 0 Å². The van der Waals surface area contributed by atoms with Gasteiger partial charge in [0.25, 0.3) is 0 Å². The molecule has 0 aliphatic rings. The molecular formula is C20H26F2N2OS. The summed E-state index contributed by atoms with van der Waals surface area (Å²) in [5.41, 5.74) is 0.349. The third kappa shape index (κ3) is 6.90. The maximum Gasteiger partial charge on any atom is 0.189 e. The summed E-state index contributed by atoms with van der Waals surface area (Å²) < 4.78 is 29.2. The summed E-state index contributed by atoms with van der Waals surface area (Å²) in [6.45, 7) is 2.59. The van der Waals surface area contributed by atoms with E-state index in [1.165, 1.54) is 31.4 Å². The van der Waals surface area contributed by atoms with Crippen LogP contribution in [0.5, 0.6) is 0 Å². The van der Waals surface area contributed by atoms with Crippen molar-refractivity contribution in [1.82, 2.24) is 9.55 Å². The zero-order chi connectivity index (χ0) is 18.8. The Morgan fingerprint density at radius 2 is 1.96 bits per heavy atom. The molecule has 0 N–H and O–H groups in total. The van der Waals surface area contributed by atoms with Crippen LogP contribution in [0.4, 0.5) is 8.78 Å². The van der Waals surface area contributed by atoms with Gasteiger partial charge >= 0.3 is 0 Å². The molecule has 0 radical (unpaired) electrons. The number of benzene rings is 1. The van der Waals surface area contributed by atoms with E-state index in [1.807, 2.05) is 0 Å². The molecule has 0 aliphatic heterocycles. The average Bonchev–Trinajstić information content (AvgIpc) is 3.10. The van der Waals surface area contributed by atoms with Gasteiger partial charge in [0.2, 0.25) is 0 Å². The zero-order valence-electron chi connectivity index (χ0n) is 15.2. The van der Waals surface area contributed by atoms with Crippen LogP contribution in [0.3, 0.4) is 0 Å². The van der Waals surface area contributed by atoms with Crippen LogP contribution in [0.25, 0.3) is 0 Å². The molecule has 3 nitrogen and oxygen atoms in total. The predicted octanol–water partition coefficient (Wildman–Crippen LogP) is 5.91. The lowest BCUT2D eigenvalue weighted by atomic mass is 10.1. The molecule has 0 fully saturated rings. The summed E-state index contributed by atoms with van der Waals surface area (Å²) in [4.78, 5) is 16.3. The summed E-state index contributed by atoms with van der Waals surface area (Å²) >= 11 is 1.13. The van der Waals surface area contributed by atoms with Crippen molar-refractivity contribution in [2.24, 2.45) is 0 Å². The Balaban J connectivity index is 1.94. The van der Waals surface area contributed by atoms with Crippen molar-refractivity contribution in [2.75, 3.05) is 0 Å². The number of hydrogen-bond acceptors (Lipinski definition) is 3. The normalized spacial score (nSPS) is 12.3. The first-order valence-corrected chi connectivity index (χ1v) is 10.1. The van der Waals surface area contributed by atoms with Gasteiger partial charge in [-0.25, -0.2) is 13.8 Å². The van der Waals surface area contributed by atoms with E-state index < -0.39 is 16.9 Å². The van der Waals surface area contributed by atoms with Crippen LogP contribution >= 0.6 is 11.8 Å². The van der Waals surface area contributed by atoms with Crippen LogP contribution in [0.1, 0.15) is 62.7 Å². The fourth-order valence-electron chi connectivity index (χ4n) is 2.82. The van der Waals surface area contributed by atoms with Crippen molar-refractivity contribution in [3.05, 3.63) is 54.1 Å². The van der Waals surface area contributed by atoms with Crippen LogP contribution < -0.4 is 0 Å². The molecule has 2 rings (SSSR count). The molecule has 2 aromatic rings. The second-order valence-electron chi connectivity index (χ2n) is 6.42. The van der Waals surface area contributed by atoms with Crippen molar-refractivity contribution < 1.29 is 13.6 Å². The minimum atomic E-state index is -0.616. The SMILES string of the molecule is CCCCCCCCC(=O)SC(Cn1ccnc1)c1ccc(F)cc1F. The number of unbranched alkanes of at least 4 members (excludes halogenated alkanes) is 5. The van der Waals surface area contributed by atoms with Crippen LogP contribution in [0.15, 0.2) is 36.9 Å². The minimum Gasteiger partial charge on any atom is -0.336 e. The molecule has 0 amide bonds. The van der Waals surface area contributed by atoms with Crippen LogP contribution in [-0.4, -0.2) is 14.7 Å². The molecule has 6 heteroatoms. The number of halogens is 2. The summed E-state index contributed by atoms with van der Waals surface area (Å²) in [7, 11) is 0. The lowest BCUT2D eigenvalue weighted by Crippen LogP contribution is -2.10. The van der Waals surface area contributed by atoms with E-state index in [9.17, 15) is 13.6 Å². The van der Waals surface area contributed by atoms with Gasteiger partial charge in [0.1, 0.15) is 11.6 Å². The molecule has 0 bridgehead atoms. The first-order chi connectivity index (χ1) is 12.6. The smallest absolute Gasteiger partial charge is 0.189 e. The van der Waals surface area contributed by atoms with E-state index in [-0.39, 0.29) is 5.12 Å². The maximum absolute atomic E-state index is 14.2. The zero-order valence-corrected chi connectivity index (χ0v) is 16.0. The van der Waals surface area contributed by atoms with Crippen molar-refractivity contribution in [1.29, 1.82) is 0 Å². The van der Waals surface area contributed by atoms with Gasteiger partial charge in [-0.1, -0.05) is 56.9 Å². The number of hydrogen-bond donors (Lipinski definition) is 0. The highest BCUT2D eigenvalue weighted by Crippen LogP contribution is 2.34. The van der Waals surface area contributed by atoms with Crippen molar-refractivity contribution in [2.45, 2.75) is 63.7 Å². The Kier molecular flexibility index (Phi) is 8.81. The third-order valence-electron chi connectivity index (χ3n) is 4.25. The summed E-state index contributed by atoms with van der Waals surface area (Å²) in [6.07, 6.45) is 12.2. The molecule has 1 aromatic heterocycles. The Morgan fingerprint density at radius 3 is 2.65 bits per heavy atom. The van der Waals surface area contributed by atoms with E-state index in [2.05, 4.69) is 11.9 Å². The van der Waals surface area contributed by atoms with Crippen LogP contribution in [0, 0.1) is 11.6 Å². The quantitative estimate of drug-likeness (QED) is 0.454. The van der Waals surface area contributed by atoms with E-state index in [4.69, 9.17) is 0 Å². The largest absolute Gasteiger partial charge is 0.336 e.